The van der Waals surface area contributed by atoms with Crippen LogP contribution in [0.5, 0.6) is 0 Å². The molecule has 0 amide bonds. The fourth-order valence-corrected chi connectivity index (χ4v) is 7.66. The minimum Gasteiger partial charge on any atom is -0.462 e. The van der Waals surface area contributed by atoms with Gasteiger partial charge in [-0.05, 0) is 25.2 Å². The first-order valence-electron chi connectivity index (χ1n) is 25.4. The Hall–Kier alpha value is -1.59. The van der Waals surface area contributed by atoms with Crippen LogP contribution >= 0.6 is 0 Å². The van der Waals surface area contributed by atoms with Crippen LogP contribution in [0.3, 0.4) is 0 Å². The summed E-state index contributed by atoms with van der Waals surface area (Å²) in [5.41, 5.74) is 0. The van der Waals surface area contributed by atoms with E-state index >= 15 is 0 Å². The SMILES string of the molecule is CCCCCCCCCCCCCCCCCCC(=O)O[C@H](COC(=O)CCCCCCCCCCC)COC(=O)CCCCCCCCCCCCC(C)CC. The molecule has 0 heterocycles. The molecular weight excluding hydrogens is 709 g/mol. The molecule has 0 aromatic heterocycles. The molecule has 0 saturated carbocycles. The second-order valence-corrected chi connectivity index (χ2v) is 17.7. The minimum absolute atomic E-state index is 0.0633. The van der Waals surface area contributed by atoms with Crippen molar-refractivity contribution in [1.29, 1.82) is 0 Å². The third kappa shape index (κ3) is 43.8. The monoisotopic (exact) mass is 807 g/mol. The Morgan fingerprint density at radius 2 is 0.614 bits per heavy atom. The Morgan fingerprint density at radius 1 is 0.351 bits per heavy atom. The predicted octanol–water partition coefficient (Wildman–Crippen LogP) is 16.3. The fourth-order valence-electron chi connectivity index (χ4n) is 7.66. The van der Waals surface area contributed by atoms with Crippen molar-refractivity contribution in [1.82, 2.24) is 0 Å². The highest BCUT2D eigenvalue weighted by Crippen LogP contribution is 2.17. The molecule has 0 aromatic rings. The van der Waals surface area contributed by atoms with Gasteiger partial charge in [-0.25, -0.2) is 0 Å². The lowest BCUT2D eigenvalue weighted by molar-refractivity contribution is -0.167. The van der Waals surface area contributed by atoms with Crippen LogP contribution in [0.25, 0.3) is 0 Å². The molecular formula is C51H98O6. The highest BCUT2D eigenvalue weighted by molar-refractivity contribution is 5.71. The van der Waals surface area contributed by atoms with E-state index in [0.717, 1.165) is 63.7 Å². The molecule has 0 aliphatic carbocycles. The summed E-state index contributed by atoms with van der Waals surface area (Å²) in [4.78, 5) is 37.8. The number of hydrogen-bond donors (Lipinski definition) is 0. The highest BCUT2D eigenvalue weighted by Gasteiger charge is 2.19. The average Bonchev–Trinajstić information content (AvgIpc) is 3.21. The summed E-state index contributed by atoms with van der Waals surface area (Å²) in [6, 6.07) is 0. The molecule has 338 valence electrons. The first-order chi connectivity index (χ1) is 27.9. The van der Waals surface area contributed by atoms with Gasteiger partial charge < -0.3 is 14.2 Å². The van der Waals surface area contributed by atoms with Crippen LogP contribution in [0.15, 0.2) is 0 Å². The number of rotatable bonds is 46. The largest absolute Gasteiger partial charge is 0.462 e. The van der Waals surface area contributed by atoms with E-state index in [2.05, 4.69) is 27.7 Å². The van der Waals surface area contributed by atoms with Crippen molar-refractivity contribution in [2.45, 2.75) is 291 Å². The predicted molar refractivity (Wildman–Crippen MR) is 243 cm³/mol. The Bertz CT molecular complexity index is 859. The molecule has 0 radical (unpaired) electrons. The molecule has 0 N–H and O–H groups in total. The Morgan fingerprint density at radius 3 is 0.912 bits per heavy atom. The lowest BCUT2D eigenvalue weighted by Gasteiger charge is -2.18. The quantitative estimate of drug-likeness (QED) is 0.0346. The standard InChI is InChI=1S/C51H98O6/c1-5-8-10-12-14-16-17-18-19-20-21-22-28-32-36-40-44-51(54)57-48(45-55-49(52)42-38-34-30-25-15-13-11-9-6-2)46-56-50(53)43-39-35-31-27-24-23-26-29-33-37-41-47(4)7-3/h47-48H,5-46H2,1-4H3/t47?,48-/m1/s1. The topological polar surface area (TPSA) is 78.9 Å². The van der Waals surface area contributed by atoms with Crippen LogP contribution in [-0.4, -0.2) is 37.2 Å². The summed E-state index contributed by atoms with van der Waals surface area (Å²) in [6.45, 7) is 9.03. The summed E-state index contributed by atoms with van der Waals surface area (Å²) in [5.74, 6) is 0.0211. The smallest absolute Gasteiger partial charge is 0.306 e. The number of unbranched alkanes of at least 4 members (excludes halogenated alkanes) is 32. The van der Waals surface area contributed by atoms with Gasteiger partial charge >= 0.3 is 17.9 Å². The molecule has 0 rings (SSSR count). The number of ether oxygens (including phenoxy) is 3. The molecule has 0 saturated heterocycles. The van der Waals surface area contributed by atoms with E-state index in [1.54, 1.807) is 0 Å². The third-order valence-corrected chi connectivity index (χ3v) is 11.9. The van der Waals surface area contributed by atoms with E-state index in [9.17, 15) is 14.4 Å². The highest BCUT2D eigenvalue weighted by atomic mass is 16.6. The first kappa shape index (κ1) is 55.4. The van der Waals surface area contributed by atoms with Gasteiger partial charge in [-0.1, -0.05) is 246 Å². The third-order valence-electron chi connectivity index (χ3n) is 11.9. The molecule has 6 heteroatoms. The molecule has 1 unspecified atom stereocenters. The summed E-state index contributed by atoms with van der Waals surface area (Å²) in [5, 5.41) is 0. The zero-order chi connectivity index (χ0) is 41.7. The molecule has 0 aliphatic rings. The summed E-state index contributed by atoms with van der Waals surface area (Å²) >= 11 is 0. The van der Waals surface area contributed by atoms with Crippen molar-refractivity contribution in [2.24, 2.45) is 5.92 Å². The molecule has 0 fully saturated rings. The van der Waals surface area contributed by atoms with Crippen molar-refractivity contribution >= 4 is 17.9 Å². The number of carbonyl (C=O) groups is 3. The van der Waals surface area contributed by atoms with E-state index in [1.165, 1.54) is 180 Å². The first-order valence-corrected chi connectivity index (χ1v) is 25.4. The molecule has 0 spiro atoms. The summed E-state index contributed by atoms with van der Waals surface area (Å²) in [6.07, 6.45) is 46.5. The summed E-state index contributed by atoms with van der Waals surface area (Å²) in [7, 11) is 0. The Labute approximate surface area is 355 Å². The van der Waals surface area contributed by atoms with Gasteiger partial charge in [0.2, 0.25) is 0 Å². The van der Waals surface area contributed by atoms with Gasteiger partial charge in [0.05, 0.1) is 0 Å². The van der Waals surface area contributed by atoms with Crippen molar-refractivity contribution in [2.75, 3.05) is 13.2 Å². The van der Waals surface area contributed by atoms with Crippen molar-refractivity contribution < 1.29 is 28.6 Å². The maximum Gasteiger partial charge on any atom is 0.306 e. The maximum absolute atomic E-state index is 12.8. The van der Waals surface area contributed by atoms with Crippen LogP contribution in [0.4, 0.5) is 0 Å². The van der Waals surface area contributed by atoms with Gasteiger partial charge in [-0.15, -0.1) is 0 Å². The molecule has 2 atom stereocenters. The van der Waals surface area contributed by atoms with Gasteiger partial charge in [-0.3, -0.25) is 14.4 Å². The van der Waals surface area contributed by atoms with E-state index in [0.29, 0.717) is 19.3 Å². The maximum atomic E-state index is 12.8. The van der Waals surface area contributed by atoms with E-state index < -0.39 is 6.10 Å². The second kappa shape index (κ2) is 45.5. The number of esters is 3. The lowest BCUT2D eigenvalue weighted by Crippen LogP contribution is -2.30. The van der Waals surface area contributed by atoms with Gasteiger partial charge in [0.25, 0.3) is 0 Å². The van der Waals surface area contributed by atoms with Gasteiger partial charge in [-0.2, -0.15) is 0 Å². The van der Waals surface area contributed by atoms with E-state index in [-0.39, 0.29) is 31.1 Å². The second-order valence-electron chi connectivity index (χ2n) is 17.7. The normalized spacial score (nSPS) is 12.4. The van der Waals surface area contributed by atoms with Crippen LogP contribution in [0.2, 0.25) is 0 Å². The lowest BCUT2D eigenvalue weighted by atomic mass is 9.99. The number of hydrogen-bond acceptors (Lipinski definition) is 6. The number of carbonyl (C=O) groups excluding carboxylic acids is 3. The van der Waals surface area contributed by atoms with Crippen LogP contribution in [0, 0.1) is 5.92 Å². The molecule has 0 bridgehead atoms. The zero-order valence-corrected chi connectivity index (χ0v) is 38.8. The molecule has 57 heavy (non-hydrogen) atoms. The zero-order valence-electron chi connectivity index (χ0n) is 38.8. The molecule has 0 aromatic carbocycles. The molecule has 6 nitrogen and oxygen atoms in total. The Kier molecular flexibility index (Phi) is 44.2. The van der Waals surface area contributed by atoms with Crippen LogP contribution in [0.1, 0.15) is 285 Å². The fraction of sp³-hybridized carbons (Fsp3) is 0.941. The van der Waals surface area contributed by atoms with Crippen LogP contribution < -0.4 is 0 Å². The summed E-state index contributed by atoms with van der Waals surface area (Å²) < 4.78 is 16.8. The average molecular weight is 807 g/mol. The van der Waals surface area contributed by atoms with Crippen LogP contribution in [-0.2, 0) is 28.6 Å². The van der Waals surface area contributed by atoms with Gasteiger partial charge in [0, 0.05) is 19.3 Å². The van der Waals surface area contributed by atoms with E-state index in [1.807, 2.05) is 0 Å². The minimum atomic E-state index is -0.760. The van der Waals surface area contributed by atoms with Crippen molar-refractivity contribution in [3.05, 3.63) is 0 Å². The van der Waals surface area contributed by atoms with Gasteiger partial charge in [0.15, 0.2) is 6.10 Å². The van der Waals surface area contributed by atoms with Gasteiger partial charge in [0.1, 0.15) is 13.2 Å². The molecule has 0 aliphatic heterocycles. The van der Waals surface area contributed by atoms with Crippen molar-refractivity contribution in [3.8, 4) is 0 Å². The van der Waals surface area contributed by atoms with E-state index in [4.69, 9.17) is 14.2 Å². The Balaban J connectivity index is 4.28. The van der Waals surface area contributed by atoms with Crippen molar-refractivity contribution in [3.63, 3.8) is 0 Å².